The summed E-state index contributed by atoms with van der Waals surface area (Å²) in [4.78, 5) is 28.1. The van der Waals surface area contributed by atoms with Crippen molar-refractivity contribution in [1.29, 1.82) is 0 Å². The predicted octanol–water partition coefficient (Wildman–Crippen LogP) is 11.6. The molecule has 0 bridgehead atoms. The summed E-state index contributed by atoms with van der Waals surface area (Å²) in [5.74, 6) is 1.97. The molecule has 38 heavy (non-hydrogen) atoms. The summed E-state index contributed by atoms with van der Waals surface area (Å²) in [6, 6.07) is 7.38. The summed E-state index contributed by atoms with van der Waals surface area (Å²) in [6.07, 6.45) is 26.2. The number of rotatable bonds is 24. The van der Waals surface area contributed by atoms with Crippen LogP contribution in [-0.4, -0.2) is 23.1 Å². The minimum Gasteiger partial charge on any atom is -0.288 e. The summed E-state index contributed by atoms with van der Waals surface area (Å²) < 4.78 is 0. The zero-order valence-corrected chi connectivity index (χ0v) is 26.1. The van der Waals surface area contributed by atoms with Crippen molar-refractivity contribution in [2.45, 2.75) is 142 Å². The molecule has 0 spiro atoms. The van der Waals surface area contributed by atoms with E-state index in [2.05, 4.69) is 13.8 Å². The Bertz CT molecular complexity index is 763. The SMILES string of the molecule is CCCCCCCCCCCCSC1=C(SCCCCCCCCCCCC)C(=O)c2ccccc2C1=O. The van der Waals surface area contributed by atoms with Crippen LogP contribution in [0.3, 0.4) is 0 Å². The van der Waals surface area contributed by atoms with Gasteiger partial charge in [-0.2, -0.15) is 0 Å². The topological polar surface area (TPSA) is 34.1 Å². The molecule has 1 aliphatic rings. The molecule has 0 saturated carbocycles. The second-order valence-electron chi connectivity index (χ2n) is 10.9. The highest BCUT2D eigenvalue weighted by Gasteiger charge is 2.32. The maximum atomic E-state index is 13.3. The third-order valence-electron chi connectivity index (χ3n) is 7.52. The van der Waals surface area contributed by atoms with E-state index in [-0.39, 0.29) is 11.6 Å². The standard InChI is InChI=1S/C34H54O2S2/c1-3-5-7-9-11-13-15-17-19-23-27-37-33-31(35)29-25-21-22-26-30(29)32(36)34(33)38-28-24-20-18-16-14-12-10-8-6-4-2/h21-22,25-26H,3-20,23-24,27-28H2,1-2H3. The maximum Gasteiger partial charge on any atom is 0.201 e. The minimum absolute atomic E-state index is 0.0582. The first-order chi connectivity index (χ1) is 18.7. The quantitative estimate of drug-likeness (QED) is 0.118. The van der Waals surface area contributed by atoms with Gasteiger partial charge in [-0.15, -0.1) is 23.5 Å². The first-order valence-corrected chi connectivity index (χ1v) is 17.9. The van der Waals surface area contributed by atoms with E-state index < -0.39 is 0 Å². The molecule has 0 radical (unpaired) electrons. The average molecular weight is 559 g/mol. The van der Waals surface area contributed by atoms with Crippen molar-refractivity contribution in [3.05, 3.63) is 45.2 Å². The Morgan fingerprint density at radius 1 is 0.447 bits per heavy atom. The first kappa shape index (κ1) is 33.2. The zero-order valence-electron chi connectivity index (χ0n) is 24.5. The van der Waals surface area contributed by atoms with Gasteiger partial charge in [-0.05, 0) is 24.3 Å². The van der Waals surface area contributed by atoms with Gasteiger partial charge in [0, 0.05) is 11.1 Å². The summed E-state index contributed by atoms with van der Waals surface area (Å²) in [7, 11) is 0. The number of hydrogen-bond donors (Lipinski definition) is 0. The predicted molar refractivity (Wildman–Crippen MR) is 171 cm³/mol. The van der Waals surface area contributed by atoms with E-state index in [0.29, 0.717) is 20.9 Å². The lowest BCUT2D eigenvalue weighted by molar-refractivity contribution is 0.0988. The van der Waals surface area contributed by atoms with Gasteiger partial charge in [0.15, 0.2) is 0 Å². The van der Waals surface area contributed by atoms with Crippen molar-refractivity contribution in [3.8, 4) is 0 Å². The summed E-state index contributed by atoms with van der Waals surface area (Å²) in [5.41, 5.74) is 1.18. The van der Waals surface area contributed by atoms with Crippen LogP contribution in [0.25, 0.3) is 0 Å². The van der Waals surface area contributed by atoms with Gasteiger partial charge in [-0.25, -0.2) is 0 Å². The molecule has 4 heteroatoms. The van der Waals surface area contributed by atoms with Crippen LogP contribution in [0.15, 0.2) is 34.1 Å². The summed E-state index contributed by atoms with van der Waals surface area (Å²) in [5, 5.41) is 0. The number of carbonyl (C=O) groups is 2. The van der Waals surface area contributed by atoms with Crippen molar-refractivity contribution in [2.75, 3.05) is 11.5 Å². The molecule has 0 aromatic heterocycles. The highest BCUT2D eigenvalue weighted by molar-refractivity contribution is 8.08. The van der Waals surface area contributed by atoms with Crippen LogP contribution in [0.2, 0.25) is 0 Å². The molecule has 0 saturated heterocycles. The third kappa shape index (κ3) is 12.9. The molecule has 0 N–H and O–H groups in total. The van der Waals surface area contributed by atoms with Crippen molar-refractivity contribution >= 4 is 35.1 Å². The molecule has 1 aromatic rings. The van der Waals surface area contributed by atoms with E-state index in [1.54, 1.807) is 23.5 Å². The number of allylic oxidation sites excluding steroid dienone is 2. The number of carbonyl (C=O) groups excluding carboxylic acids is 2. The molecule has 1 aliphatic carbocycles. The van der Waals surface area contributed by atoms with Crippen LogP contribution in [0.5, 0.6) is 0 Å². The maximum absolute atomic E-state index is 13.3. The number of fused-ring (bicyclic) bond motifs is 1. The molecule has 0 aliphatic heterocycles. The van der Waals surface area contributed by atoms with E-state index in [9.17, 15) is 9.59 Å². The van der Waals surface area contributed by atoms with E-state index >= 15 is 0 Å². The van der Waals surface area contributed by atoms with Gasteiger partial charge < -0.3 is 0 Å². The normalized spacial score (nSPS) is 13.4. The second-order valence-corrected chi connectivity index (χ2v) is 13.1. The highest BCUT2D eigenvalue weighted by atomic mass is 32.2. The Morgan fingerprint density at radius 3 is 1.05 bits per heavy atom. The van der Waals surface area contributed by atoms with E-state index in [1.807, 2.05) is 24.3 Å². The van der Waals surface area contributed by atoms with Crippen molar-refractivity contribution < 1.29 is 9.59 Å². The number of Topliss-reactive ketones (excluding diaryl/α,β-unsaturated/α-hetero) is 2. The van der Waals surface area contributed by atoms with Crippen molar-refractivity contribution in [3.63, 3.8) is 0 Å². The molecule has 2 nitrogen and oxygen atoms in total. The van der Waals surface area contributed by atoms with Gasteiger partial charge in [-0.3, -0.25) is 9.59 Å². The van der Waals surface area contributed by atoms with Crippen LogP contribution < -0.4 is 0 Å². The third-order valence-corrected chi connectivity index (χ3v) is 9.99. The monoisotopic (exact) mass is 558 g/mol. The summed E-state index contributed by atoms with van der Waals surface area (Å²) >= 11 is 3.26. The molecular formula is C34H54O2S2. The van der Waals surface area contributed by atoms with Crippen LogP contribution in [0.4, 0.5) is 0 Å². The zero-order chi connectivity index (χ0) is 27.3. The van der Waals surface area contributed by atoms with E-state index in [1.165, 1.54) is 116 Å². The Hall–Kier alpha value is -1.00. The lowest BCUT2D eigenvalue weighted by Gasteiger charge is -2.20. The smallest absolute Gasteiger partial charge is 0.201 e. The van der Waals surface area contributed by atoms with Gasteiger partial charge in [0.05, 0.1) is 9.81 Å². The molecule has 214 valence electrons. The highest BCUT2D eigenvalue weighted by Crippen LogP contribution is 2.39. The van der Waals surface area contributed by atoms with Crippen molar-refractivity contribution in [1.82, 2.24) is 0 Å². The van der Waals surface area contributed by atoms with Crippen LogP contribution in [0.1, 0.15) is 163 Å². The number of benzene rings is 1. The summed E-state index contributed by atoms with van der Waals surface area (Å²) in [6.45, 7) is 4.54. The van der Waals surface area contributed by atoms with E-state index in [0.717, 1.165) is 24.3 Å². The Morgan fingerprint density at radius 2 is 0.737 bits per heavy atom. The fourth-order valence-corrected chi connectivity index (χ4v) is 7.51. The van der Waals surface area contributed by atoms with Crippen LogP contribution in [-0.2, 0) is 0 Å². The number of ketones is 2. The van der Waals surface area contributed by atoms with Crippen molar-refractivity contribution in [2.24, 2.45) is 0 Å². The van der Waals surface area contributed by atoms with Gasteiger partial charge in [0.2, 0.25) is 11.6 Å². The Kier molecular flexibility index (Phi) is 19.0. The van der Waals surface area contributed by atoms with E-state index in [4.69, 9.17) is 0 Å². The number of hydrogen-bond acceptors (Lipinski definition) is 4. The molecule has 0 atom stereocenters. The lowest BCUT2D eigenvalue weighted by atomic mass is 9.94. The number of thioether (sulfide) groups is 2. The van der Waals surface area contributed by atoms with Gasteiger partial charge in [0.1, 0.15) is 0 Å². The largest absolute Gasteiger partial charge is 0.288 e. The molecule has 0 amide bonds. The van der Waals surface area contributed by atoms with Gasteiger partial charge in [-0.1, -0.05) is 154 Å². The molecule has 2 rings (SSSR count). The fraction of sp³-hybridized carbons (Fsp3) is 0.706. The first-order valence-electron chi connectivity index (χ1n) is 15.9. The second kappa shape index (κ2) is 21.8. The minimum atomic E-state index is 0.0582. The lowest BCUT2D eigenvalue weighted by Crippen LogP contribution is -2.20. The van der Waals surface area contributed by atoms with Crippen LogP contribution >= 0.6 is 23.5 Å². The fourth-order valence-electron chi connectivity index (χ4n) is 5.12. The molecule has 0 unspecified atom stereocenters. The Balaban J connectivity index is 1.74. The molecular weight excluding hydrogens is 505 g/mol. The van der Waals surface area contributed by atoms with Gasteiger partial charge >= 0.3 is 0 Å². The molecule has 0 fully saturated rings. The van der Waals surface area contributed by atoms with Crippen LogP contribution in [0, 0.1) is 0 Å². The number of unbranched alkanes of at least 4 members (excludes halogenated alkanes) is 18. The Labute approximate surface area is 243 Å². The molecule has 1 aromatic carbocycles. The molecule has 0 heterocycles. The average Bonchev–Trinajstić information content (AvgIpc) is 2.94. The van der Waals surface area contributed by atoms with Gasteiger partial charge in [0.25, 0.3) is 0 Å².